The molecular weight excluding hydrogens is 346 g/mol. The number of esters is 1. The zero-order valence-corrected chi connectivity index (χ0v) is 16.3. The van der Waals surface area contributed by atoms with E-state index in [1.165, 1.54) is 13.2 Å². The Labute approximate surface area is 159 Å². The van der Waals surface area contributed by atoms with Crippen LogP contribution in [-0.4, -0.2) is 32.2 Å². The van der Waals surface area contributed by atoms with Gasteiger partial charge in [-0.2, -0.15) is 0 Å². The molecular formula is C21H25NO5. The first-order valence-corrected chi connectivity index (χ1v) is 8.71. The van der Waals surface area contributed by atoms with Crippen LogP contribution in [0, 0.1) is 20.8 Å². The minimum Gasteiger partial charge on any atom is -0.493 e. The average molecular weight is 371 g/mol. The zero-order chi connectivity index (χ0) is 20.0. The fourth-order valence-corrected chi connectivity index (χ4v) is 2.84. The molecule has 2 rings (SSSR count). The molecule has 0 aliphatic heterocycles. The number of rotatable bonds is 7. The van der Waals surface area contributed by atoms with E-state index in [0.29, 0.717) is 18.1 Å². The highest BCUT2D eigenvalue weighted by atomic mass is 16.5. The Bertz CT molecular complexity index is 821. The first kappa shape index (κ1) is 20.3. The first-order chi connectivity index (χ1) is 12.8. The van der Waals surface area contributed by atoms with Gasteiger partial charge in [0.2, 0.25) is 0 Å². The molecule has 2 aromatic rings. The molecule has 1 N–H and O–H groups in total. The Balaban J connectivity index is 2.00. The summed E-state index contributed by atoms with van der Waals surface area (Å²) in [6.45, 7) is 7.82. The van der Waals surface area contributed by atoms with E-state index in [1.54, 1.807) is 12.1 Å². The number of ether oxygens (including phenoxy) is 3. The molecule has 6 nitrogen and oxygen atoms in total. The lowest BCUT2D eigenvalue weighted by Crippen LogP contribution is -2.22. The maximum absolute atomic E-state index is 12.2. The van der Waals surface area contributed by atoms with Crippen molar-refractivity contribution in [3.8, 4) is 11.5 Å². The molecule has 0 radical (unpaired) electrons. The fraction of sp³-hybridized carbons (Fsp3) is 0.333. The summed E-state index contributed by atoms with van der Waals surface area (Å²) in [5, 5.41) is 2.80. The summed E-state index contributed by atoms with van der Waals surface area (Å²) in [5.74, 6) is -0.0265. The van der Waals surface area contributed by atoms with Crippen molar-refractivity contribution in [2.75, 3.05) is 25.6 Å². The second-order valence-electron chi connectivity index (χ2n) is 6.20. The minimum absolute atomic E-state index is 0.283. The molecule has 0 unspecified atom stereocenters. The number of methoxy groups -OCH3 is 1. The van der Waals surface area contributed by atoms with Gasteiger partial charge in [-0.1, -0.05) is 17.7 Å². The fourth-order valence-electron chi connectivity index (χ4n) is 2.84. The van der Waals surface area contributed by atoms with Crippen molar-refractivity contribution >= 4 is 17.6 Å². The third kappa shape index (κ3) is 5.23. The number of benzene rings is 2. The highest BCUT2D eigenvalue weighted by Crippen LogP contribution is 2.28. The molecule has 27 heavy (non-hydrogen) atoms. The Morgan fingerprint density at radius 2 is 1.67 bits per heavy atom. The molecule has 0 spiro atoms. The smallest absolute Gasteiger partial charge is 0.338 e. The summed E-state index contributed by atoms with van der Waals surface area (Å²) in [7, 11) is 1.49. The molecule has 0 fully saturated rings. The average Bonchev–Trinajstić information content (AvgIpc) is 2.63. The second-order valence-corrected chi connectivity index (χ2v) is 6.20. The lowest BCUT2D eigenvalue weighted by atomic mass is 10.1. The van der Waals surface area contributed by atoms with Crippen LogP contribution in [0.2, 0.25) is 0 Å². The lowest BCUT2D eigenvalue weighted by molar-refractivity contribution is -0.119. The summed E-state index contributed by atoms with van der Waals surface area (Å²) >= 11 is 0. The van der Waals surface area contributed by atoms with Crippen LogP contribution >= 0.6 is 0 Å². The number of nitrogens with one attached hydrogen (secondary N) is 1. The van der Waals surface area contributed by atoms with Crippen molar-refractivity contribution < 1.29 is 23.8 Å². The highest BCUT2D eigenvalue weighted by molar-refractivity contribution is 5.96. The van der Waals surface area contributed by atoms with E-state index in [4.69, 9.17) is 14.2 Å². The van der Waals surface area contributed by atoms with E-state index in [-0.39, 0.29) is 12.2 Å². The molecule has 0 saturated heterocycles. The predicted octanol–water partition coefficient (Wildman–Crippen LogP) is 3.81. The van der Waals surface area contributed by atoms with Crippen molar-refractivity contribution in [2.24, 2.45) is 0 Å². The van der Waals surface area contributed by atoms with Gasteiger partial charge in [0.1, 0.15) is 0 Å². The molecule has 0 bridgehead atoms. The normalized spacial score (nSPS) is 10.3. The number of carbonyl (C=O) groups excluding carboxylic acids is 2. The molecule has 1 amide bonds. The number of anilines is 1. The van der Waals surface area contributed by atoms with Crippen LogP contribution in [0.4, 0.5) is 5.69 Å². The van der Waals surface area contributed by atoms with Gasteiger partial charge in [-0.25, -0.2) is 4.79 Å². The Kier molecular flexibility index (Phi) is 6.82. The largest absolute Gasteiger partial charge is 0.493 e. The van der Waals surface area contributed by atoms with Crippen LogP contribution in [0.1, 0.15) is 34.0 Å². The first-order valence-electron chi connectivity index (χ1n) is 8.71. The van der Waals surface area contributed by atoms with Gasteiger partial charge in [-0.3, -0.25) is 4.79 Å². The van der Waals surface area contributed by atoms with Gasteiger partial charge in [0, 0.05) is 5.69 Å². The van der Waals surface area contributed by atoms with Crippen molar-refractivity contribution in [3.63, 3.8) is 0 Å². The maximum Gasteiger partial charge on any atom is 0.338 e. The third-order valence-corrected chi connectivity index (χ3v) is 3.97. The summed E-state index contributed by atoms with van der Waals surface area (Å²) in [6.07, 6.45) is 0. The van der Waals surface area contributed by atoms with Crippen molar-refractivity contribution in [3.05, 3.63) is 52.6 Å². The van der Waals surface area contributed by atoms with E-state index in [0.717, 1.165) is 22.4 Å². The van der Waals surface area contributed by atoms with Crippen LogP contribution in [0.3, 0.4) is 0 Å². The van der Waals surface area contributed by atoms with Crippen LogP contribution in [0.5, 0.6) is 11.5 Å². The van der Waals surface area contributed by atoms with Gasteiger partial charge in [0.25, 0.3) is 5.91 Å². The van der Waals surface area contributed by atoms with Gasteiger partial charge in [0.05, 0.1) is 19.3 Å². The molecule has 0 heterocycles. The molecule has 144 valence electrons. The Hall–Kier alpha value is -3.02. The van der Waals surface area contributed by atoms with Crippen LogP contribution in [0.15, 0.2) is 30.3 Å². The van der Waals surface area contributed by atoms with E-state index >= 15 is 0 Å². The summed E-state index contributed by atoms with van der Waals surface area (Å²) in [4.78, 5) is 24.4. The van der Waals surface area contributed by atoms with E-state index in [9.17, 15) is 9.59 Å². The maximum atomic E-state index is 12.2. The van der Waals surface area contributed by atoms with Gasteiger partial charge < -0.3 is 19.5 Å². The number of hydrogen-bond acceptors (Lipinski definition) is 5. The van der Waals surface area contributed by atoms with Crippen LogP contribution in [-0.2, 0) is 9.53 Å². The summed E-state index contributed by atoms with van der Waals surface area (Å²) in [6, 6.07) is 8.71. The Morgan fingerprint density at radius 3 is 2.26 bits per heavy atom. The Morgan fingerprint density at radius 1 is 1.00 bits per heavy atom. The van der Waals surface area contributed by atoms with Gasteiger partial charge in [-0.15, -0.1) is 0 Å². The SMILES string of the molecule is CCOc1ccc(C(=O)OCC(=O)Nc2c(C)cc(C)cc2C)cc1OC. The van der Waals surface area contributed by atoms with E-state index < -0.39 is 11.9 Å². The topological polar surface area (TPSA) is 73.9 Å². The van der Waals surface area contributed by atoms with Crippen LogP contribution < -0.4 is 14.8 Å². The minimum atomic E-state index is -0.608. The quantitative estimate of drug-likeness (QED) is 0.749. The van der Waals surface area contributed by atoms with E-state index in [1.807, 2.05) is 39.8 Å². The van der Waals surface area contributed by atoms with Gasteiger partial charge in [-0.05, 0) is 57.0 Å². The molecule has 2 aromatic carbocycles. The van der Waals surface area contributed by atoms with Crippen molar-refractivity contribution in [1.82, 2.24) is 0 Å². The molecule has 0 aliphatic carbocycles. The number of aryl methyl sites for hydroxylation is 3. The summed E-state index contributed by atoms with van der Waals surface area (Å²) < 4.78 is 15.8. The molecule has 0 aromatic heterocycles. The molecule has 6 heteroatoms. The van der Waals surface area contributed by atoms with Crippen LogP contribution in [0.25, 0.3) is 0 Å². The molecule has 0 atom stereocenters. The van der Waals surface area contributed by atoms with Gasteiger partial charge in [0.15, 0.2) is 18.1 Å². The zero-order valence-electron chi connectivity index (χ0n) is 16.3. The molecule has 0 saturated carbocycles. The monoisotopic (exact) mass is 371 g/mol. The summed E-state index contributed by atoms with van der Waals surface area (Å²) in [5.41, 5.74) is 4.07. The van der Waals surface area contributed by atoms with Crippen molar-refractivity contribution in [2.45, 2.75) is 27.7 Å². The number of carbonyl (C=O) groups is 2. The highest BCUT2D eigenvalue weighted by Gasteiger charge is 2.15. The molecule has 0 aliphatic rings. The van der Waals surface area contributed by atoms with Crippen molar-refractivity contribution in [1.29, 1.82) is 0 Å². The second kappa shape index (κ2) is 9.07. The third-order valence-electron chi connectivity index (χ3n) is 3.97. The van der Waals surface area contributed by atoms with E-state index in [2.05, 4.69) is 5.32 Å². The number of hydrogen-bond donors (Lipinski definition) is 1. The predicted molar refractivity (Wildman–Crippen MR) is 104 cm³/mol. The van der Waals surface area contributed by atoms with Gasteiger partial charge >= 0.3 is 5.97 Å². The standard InChI is InChI=1S/C21H25NO5/c1-6-26-17-8-7-16(11-18(17)25-5)21(24)27-12-19(23)22-20-14(3)9-13(2)10-15(20)4/h7-11H,6,12H2,1-5H3,(H,22,23). The number of amides is 1. The lowest BCUT2D eigenvalue weighted by Gasteiger charge is -2.13.